The Morgan fingerprint density at radius 2 is 0.442 bits per heavy atom. The van der Waals surface area contributed by atoms with Crippen LogP contribution in [0.25, 0.3) is 0 Å². The Labute approximate surface area is 309 Å². The van der Waals surface area contributed by atoms with Gasteiger partial charge in [-0.15, -0.1) is 0 Å². The van der Waals surface area contributed by atoms with Gasteiger partial charge in [-0.05, 0) is 24.3 Å². The van der Waals surface area contributed by atoms with Gasteiger partial charge in [-0.2, -0.15) is 0 Å². The number of benzene rings is 2. The predicted molar refractivity (Wildman–Crippen MR) is 194 cm³/mol. The summed E-state index contributed by atoms with van der Waals surface area (Å²) < 4.78 is 68.3. The van der Waals surface area contributed by atoms with Gasteiger partial charge in [-0.1, -0.05) is 24.3 Å². The van der Waals surface area contributed by atoms with E-state index >= 15 is 0 Å². The molecule has 2 bridgehead atoms. The summed E-state index contributed by atoms with van der Waals surface area (Å²) >= 11 is 0. The van der Waals surface area contributed by atoms with Crippen LogP contribution in [-0.4, -0.2) is 181 Å². The second-order valence-corrected chi connectivity index (χ2v) is 11.9. The number of hydrogen-bond donors (Lipinski definition) is 0. The first-order valence-electron chi connectivity index (χ1n) is 18.6. The number of hydrogen-bond acceptors (Lipinski definition) is 14. The Balaban J connectivity index is 0.000000233. The van der Waals surface area contributed by atoms with Crippen LogP contribution in [0.5, 0.6) is 23.0 Å². The molecule has 294 valence electrons. The highest BCUT2D eigenvalue weighted by Gasteiger charge is 2.10. The monoisotopic (exact) mass is 736 g/mol. The summed E-state index contributed by atoms with van der Waals surface area (Å²) in [5, 5.41) is 0. The Hall–Kier alpha value is -2.76. The predicted octanol–water partition coefficient (Wildman–Crippen LogP) is 2.67. The van der Waals surface area contributed by atoms with E-state index in [1.807, 2.05) is 48.5 Å². The van der Waals surface area contributed by atoms with Crippen LogP contribution < -0.4 is 18.9 Å². The van der Waals surface area contributed by atoms with Crippen molar-refractivity contribution in [1.29, 1.82) is 0 Å². The fourth-order valence-corrected chi connectivity index (χ4v) is 5.22. The maximum absolute atomic E-state index is 5.74. The molecule has 0 atom stereocenters. The van der Waals surface area contributed by atoms with Crippen LogP contribution in [0.4, 0.5) is 0 Å². The number of rotatable bonds is 0. The molecule has 0 N–H and O–H groups in total. The first-order valence-corrected chi connectivity index (χ1v) is 18.6. The Kier molecular flexibility index (Phi) is 23.2. The molecule has 0 spiro atoms. The van der Waals surface area contributed by atoms with E-state index in [1.165, 1.54) is 0 Å². The highest BCUT2D eigenvalue weighted by atomic mass is 16.6. The third kappa shape index (κ3) is 19.4. The maximum Gasteiger partial charge on any atom is 0.161 e. The molecule has 14 heteroatoms. The Morgan fingerprint density at radius 1 is 0.250 bits per heavy atom. The molecule has 14 nitrogen and oxygen atoms in total. The lowest BCUT2D eigenvalue weighted by Crippen LogP contribution is -2.36. The number of para-hydroxylation sites is 4. The molecule has 0 radical (unpaired) electrons. The smallest absolute Gasteiger partial charge is 0.161 e. The van der Waals surface area contributed by atoms with Crippen molar-refractivity contribution in [2.24, 2.45) is 0 Å². The largest absolute Gasteiger partial charge is 0.487 e. The van der Waals surface area contributed by atoms with Gasteiger partial charge in [0.25, 0.3) is 0 Å². The standard InChI is InChI=1S/C20H24O6.C18H36N2O6/c1-2-6-18-17(5-1)23-13-9-21-11-15-25-19-7-3-4-8-20(19)26-16-12-22-10-14-24-18;1-7-21-13-14-24-10-4-20-5-11-25-17-15-22-8-2-19(1)3-9-23-16-18-26-12-6-20/h1-8H,9-16H2;1-18H2. The second-order valence-electron chi connectivity index (χ2n) is 11.9. The Morgan fingerprint density at radius 3 is 0.673 bits per heavy atom. The van der Waals surface area contributed by atoms with E-state index in [2.05, 4.69) is 9.80 Å². The van der Waals surface area contributed by atoms with Crippen molar-refractivity contribution >= 4 is 0 Å². The number of nitrogens with zero attached hydrogens (tertiary/aromatic N) is 2. The average Bonchev–Trinajstić information content (AvgIpc) is 3.16. The molecular formula is C38H60N2O12. The zero-order valence-corrected chi connectivity index (χ0v) is 30.8. The Bertz CT molecular complexity index is 960. The topological polar surface area (TPSA) is 117 Å². The molecule has 0 aromatic heterocycles. The molecule has 0 saturated carbocycles. The lowest BCUT2D eigenvalue weighted by Gasteiger charge is -2.24. The zero-order chi connectivity index (χ0) is 36.0. The lowest BCUT2D eigenvalue weighted by molar-refractivity contribution is -0.0103. The zero-order valence-electron chi connectivity index (χ0n) is 30.8. The molecule has 52 heavy (non-hydrogen) atoms. The second kappa shape index (κ2) is 28.7. The minimum Gasteiger partial charge on any atom is -0.487 e. The van der Waals surface area contributed by atoms with Gasteiger partial charge >= 0.3 is 0 Å². The number of ether oxygens (including phenoxy) is 12. The maximum atomic E-state index is 5.74. The minimum absolute atomic E-state index is 0.441. The summed E-state index contributed by atoms with van der Waals surface area (Å²) in [5.74, 6) is 2.80. The van der Waals surface area contributed by atoms with Crippen molar-refractivity contribution in [3.63, 3.8) is 0 Å². The highest BCUT2D eigenvalue weighted by molar-refractivity contribution is 5.40. The van der Waals surface area contributed by atoms with E-state index in [0.29, 0.717) is 155 Å². The summed E-state index contributed by atoms with van der Waals surface area (Å²) in [6, 6.07) is 15.2. The van der Waals surface area contributed by atoms with Crippen molar-refractivity contribution < 1.29 is 56.8 Å². The van der Waals surface area contributed by atoms with Crippen molar-refractivity contribution in [1.82, 2.24) is 9.80 Å². The molecule has 2 aromatic rings. The van der Waals surface area contributed by atoms with Crippen LogP contribution in [0.15, 0.2) is 48.5 Å². The van der Waals surface area contributed by atoms with Crippen LogP contribution in [0.2, 0.25) is 0 Å². The average molecular weight is 737 g/mol. The van der Waals surface area contributed by atoms with Gasteiger partial charge in [0.1, 0.15) is 26.4 Å². The van der Waals surface area contributed by atoms with Crippen molar-refractivity contribution in [2.45, 2.75) is 0 Å². The molecule has 3 saturated heterocycles. The summed E-state index contributed by atoms with van der Waals surface area (Å²) in [5.41, 5.74) is 0. The first kappa shape index (κ1) is 42.0. The molecule has 4 aliphatic rings. The van der Waals surface area contributed by atoms with Gasteiger partial charge in [0.05, 0.1) is 106 Å². The van der Waals surface area contributed by atoms with Crippen molar-refractivity contribution in [3.05, 3.63) is 48.5 Å². The fourth-order valence-electron chi connectivity index (χ4n) is 5.22. The van der Waals surface area contributed by atoms with Crippen LogP contribution in [0.3, 0.4) is 0 Å². The first-order chi connectivity index (χ1) is 25.9. The summed E-state index contributed by atoms with van der Waals surface area (Å²) in [6.07, 6.45) is 0. The van der Waals surface area contributed by atoms with Gasteiger partial charge in [0.15, 0.2) is 23.0 Å². The van der Waals surface area contributed by atoms with Gasteiger partial charge in [0.2, 0.25) is 0 Å². The lowest BCUT2D eigenvalue weighted by atomic mass is 10.3. The van der Waals surface area contributed by atoms with Crippen LogP contribution >= 0.6 is 0 Å². The van der Waals surface area contributed by atoms with E-state index < -0.39 is 0 Å². The molecule has 0 aliphatic carbocycles. The third-order valence-corrected chi connectivity index (χ3v) is 8.07. The normalized spacial score (nSPS) is 23.7. The van der Waals surface area contributed by atoms with E-state index in [-0.39, 0.29) is 0 Å². The molecule has 0 unspecified atom stereocenters. The minimum atomic E-state index is 0.441. The molecule has 4 aliphatic heterocycles. The van der Waals surface area contributed by atoms with Crippen LogP contribution in [0, 0.1) is 0 Å². The van der Waals surface area contributed by atoms with Crippen molar-refractivity contribution in [2.75, 3.05) is 171 Å². The third-order valence-electron chi connectivity index (χ3n) is 8.07. The van der Waals surface area contributed by atoms with Gasteiger partial charge in [0, 0.05) is 39.3 Å². The molecule has 3 fully saturated rings. The van der Waals surface area contributed by atoms with Crippen LogP contribution in [-0.2, 0) is 37.9 Å². The summed E-state index contributed by atoms with van der Waals surface area (Å²) in [6.45, 7) is 16.8. The van der Waals surface area contributed by atoms with Gasteiger partial charge < -0.3 is 56.8 Å². The number of fused-ring (bicyclic) bond motifs is 23. The van der Waals surface area contributed by atoms with Crippen LogP contribution in [0.1, 0.15) is 0 Å². The van der Waals surface area contributed by atoms with E-state index in [1.54, 1.807) is 0 Å². The molecular weight excluding hydrogens is 676 g/mol. The molecule has 6 rings (SSSR count). The summed E-state index contributed by atoms with van der Waals surface area (Å²) in [4.78, 5) is 4.62. The van der Waals surface area contributed by atoms with E-state index in [9.17, 15) is 0 Å². The molecule has 2 aromatic carbocycles. The summed E-state index contributed by atoms with van der Waals surface area (Å²) in [7, 11) is 0. The highest BCUT2D eigenvalue weighted by Crippen LogP contribution is 2.27. The SMILES string of the molecule is C1COCCN2CCOCCOCCN(CCO1)CCOCCOCC2.c1ccc2c(c1)OCCOCCOc1ccccc1OCCOCCO2. The quantitative estimate of drug-likeness (QED) is 0.395. The molecule has 4 heterocycles. The van der Waals surface area contributed by atoms with E-state index in [4.69, 9.17) is 56.8 Å². The van der Waals surface area contributed by atoms with Crippen molar-refractivity contribution in [3.8, 4) is 23.0 Å². The molecule has 0 amide bonds. The fraction of sp³-hybridized carbons (Fsp3) is 0.684. The van der Waals surface area contributed by atoms with Gasteiger partial charge in [-0.3, -0.25) is 9.80 Å². The van der Waals surface area contributed by atoms with E-state index in [0.717, 1.165) is 39.3 Å². The van der Waals surface area contributed by atoms with Gasteiger partial charge in [-0.25, -0.2) is 0 Å².